The van der Waals surface area contributed by atoms with Crippen LogP contribution in [0.25, 0.3) is 0 Å². The van der Waals surface area contributed by atoms with E-state index in [0.29, 0.717) is 31.6 Å². The van der Waals surface area contributed by atoms with Crippen molar-refractivity contribution in [2.75, 3.05) is 39.6 Å². The summed E-state index contributed by atoms with van der Waals surface area (Å²) in [6, 6.07) is 0. The number of phosphoric acid groups is 2. The molecule has 0 heterocycles. The average Bonchev–Trinajstić information content (AvgIpc) is 3.56. The topological polar surface area (TPSA) is 237 Å². The second-order valence-corrected chi connectivity index (χ2v) is 27.6. The lowest BCUT2D eigenvalue weighted by Gasteiger charge is -2.21. The molecular formula is C65H126O17P2. The lowest BCUT2D eigenvalue weighted by Crippen LogP contribution is -2.30. The van der Waals surface area contributed by atoms with Crippen molar-refractivity contribution < 1.29 is 80.2 Å². The Balaban J connectivity index is 5.27. The van der Waals surface area contributed by atoms with E-state index in [1.165, 1.54) is 109 Å². The maximum absolute atomic E-state index is 13.0. The third kappa shape index (κ3) is 55.4. The van der Waals surface area contributed by atoms with Gasteiger partial charge < -0.3 is 33.8 Å². The predicted octanol–water partition coefficient (Wildman–Crippen LogP) is 17.8. The van der Waals surface area contributed by atoms with Crippen molar-refractivity contribution in [3.63, 3.8) is 0 Å². The number of ether oxygens (including phenoxy) is 4. The molecule has 0 radical (unpaired) electrons. The monoisotopic (exact) mass is 1240 g/mol. The van der Waals surface area contributed by atoms with Gasteiger partial charge in [-0.3, -0.25) is 37.3 Å². The molecule has 0 aromatic heterocycles. The minimum Gasteiger partial charge on any atom is -0.462 e. The third-order valence-corrected chi connectivity index (χ3v) is 17.8. The molecule has 0 saturated heterocycles. The Morgan fingerprint density at radius 1 is 0.333 bits per heavy atom. The van der Waals surface area contributed by atoms with E-state index >= 15 is 0 Å². The molecule has 8 atom stereocenters. The van der Waals surface area contributed by atoms with Crippen LogP contribution in [0.1, 0.15) is 312 Å². The number of carbonyl (C=O) groups excluding carboxylic acids is 4. The lowest BCUT2D eigenvalue weighted by molar-refractivity contribution is -0.161. The maximum Gasteiger partial charge on any atom is 0.472 e. The van der Waals surface area contributed by atoms with Crippen molar-refractivity contribution in [3.8, 4) is 0 Å². The average molecular weight is 1240 g/mol. The fourth-order valence-electron chi connectivity index (χ4n) is 9.51. The van der Waals surface area contributed by atoms with Crippen LogP contribution < -0.4 is 0 Å². The molecular weight excluding hydrogens is 1110 g/mol. The summed E-state index contributed by atoms with van der Waals surface area (Å²) in [5.41, 5.74) is 0. The minimum atomic E-state index is -4.95. The zero-order chi connectivity index (χ0) is 62.5. The van der Waals surface area contributed by atoms with Gasteiger partial charge in [-0.1, -0.05) is 261 Å². The van der Waals surface area contributed by atoms with E-state index in [1.807, 2.05) is 0 Å². The Labute approximate surface area is 511 Å². The first-order valence-corrected chi connectivity index (χ1v) is 36.8. The maximum atomic E-state index is 13.0. The third-order valence-electron chi connectivity index (χ3n) is 15.9. The largest absolute Gasteiger partial charge is 0.472 e. The summed E-state index contributed by atoms with van der Waals surface area (Å²) in [7, 11) is -9.89. The summed E-state index contributed by atoms with van der Waals surface area (Å²) in [6.45, 7) is 14.0. The molecule has 84 heavy (non-hydrogen) atoms. The summed E-state index contributed by atoms with van der Waals surface area (Å²) < 4.78 is 68.0. The Bertz CT molecular complexity index is 1680. The first kappa shape index (κ1) is 82.1. The molecule has 0 amide bonds. The molecule has 0 aliphatic rings. The van der Waals surface area contributed by atoms with Crippen molar-refractivity contribution in [1.82, 2.24) is 0 Å². The van der Waals surface area contributed by atoms with Crippen LogP contribution in [0.4, 0.5) is 0 Å². The van der Waals surface area contributed by atoms with Crippen molar-refractivity contribution in [2.24, 2.45) is 23.7 Å². The number of rotatable bonds is 62. The fourth-order valence-corrected chi connectivity index (χ4v) is 11.1. The number of hydrogen-bond donors (Lipinski definition) is 3. The van der Waals surface area contributed by atoms with E-state index in [-0.39, 0.29) is 25.7 Å². The number of aliphatic hydroxyl groups excluding tert-OH is 1. The quantitative estimate of drug-likeness (QED) is 0.0222. The number of unbranched alkanes of at least 4 members (excludes halogenated alkanes) is 25. The molecule has 0 aliphatic heterocycles. The molecule has 0 aliphatic carbocycles. The summed E-state index contributed by atoms with van der Waals surface area (Å²) in [5.74, 6) is 0.833. The van der Waals surface area contributed by atoms with E-state index in [4.69, 9.17) is 37.0 Å². The van der Waals surface area contributed by atoms with E-state index in [2.05, 4.69) is 55.4 Å². The van der Waals surface area contributed by atoms with E-state index in [0.717, 1.165) is 114 Å². The number of hydrogen-bond acceptors (Lipinski definition) is 15. The van der Waals surface area contributed by atoms with Crippen molar-refractivity contribution in [2.45, 2.75) is 331 Å². The molecule has 0 aromatic carbocycles. The molecule has 17 nitrogen and oxygen atoms in total. The van der Waals surface area contributed by atoms with Gasteiger partial charge in [0.2, 0.25) is 0 Å². The highest BCUT2D eigenvalue weighted by Gasteiger charge is 2.30. The SMILES string of the molecule is CCC(C)CCCCCCCCCCC(=O)OC[C@H](COP(=O)(O)OC[C@@H](O)COP(=O)(O)OC[C@@H](COC(=O)CCCCCCCCC(C)CC)OC(=O)CCCCCCCCCCC(C)CC)OC(=O)CCCCCCCCCC(C)C. The Hall–Kier alpha value is -1.94. The van der Waals surface area contributed by atoms with E-state index < -0.39 is 97.5 Å². The van der Waals surface area contributed by atoms with Gasteiger partial charge in [0.1, 0.15) is 19.3 Å². The zero-order valence-corrected chi connectivity index (χ0v) is 56.3. The number of carbonyl (C=O) groups is 4. The van der Waals surface area contributed by atoms with Gasteiger partial charge in [-0.15, -0.1) is 0 Å². The summed E-state index contributed by atoms with van der Waals surface area (Å²) >= 11 is 0. The zero-order valence-electron chi connectivity index (χ0n) is 54.5. The number of aliphatic hydroxyl groups is 1. The molecule has 0 saturated carbocycles. The number of phosphoric ester groups is 2. The van der Waals surface area contributed by atoms with Crippen LogP contribution in [0.5, 0.6) is 0 Å². The first-order chi connectivity index (χ1) is 40.2. The van der Waals surface area contributed by atoms with Crippen molar-refractivity contribution in [1.29, 1.82) is 0 Å². The molecule has 3 N–H and O–H groups in total. The molecule has 498 valence electrons. The van der Waals surface area contributed by atoms with Crippen LogP contribution in [0.3, 0.4) is 0 Å². The van der Waals surface area contributed by atoms with E-state index in [9.17, 15) is 43.2 Å². The summed E-state index contributed by atoms with van der Waals surface area (Å²) in [6.07, 6.45) is 34.8. The molecule has 0 fully saturated rings. The van der Waals surface area contributed by atoms with Gasteiger partial charge in [0.05, 0.1) is 26.4 Å². The Morgan fingerprint density at radius 2 is 0.571 bits per heavy atom. The molecule has 0 rings (SSSR count). The molecule has 0 aromatic rings. The standard InChI is InChI=1S/C65H126O17P2/c1-9-56(6)42-34-26-18-12-14-20-29-37-45-62(67)75-51-60(82-65(70)48-40-32-22-16-17-25-33-41-55(4)5)53-79-83(71,72)77-49-59(66)50-78-84(73,74)80-54-61(52-76-63(68)46-38-30-24-23-28-36-44-58(8)11-3)81-64(69)47-39-31-21-15-13-19-27-35-43-57(7)10-2/h55-61,66H,9-54H2,1-8H3,(H,71,72)(H,73,74)/t56?,57?,58?,59-,60-,61-/m1/s1. The minimum absolute atomic E-state index is 0.102. The Morgan fingerprint density at radius 3 is 0.845 bits per heavy atom. The van der Waals surface area contributed by atoms with Crippen LogP contribution in [0.15, 0.2) is 0 Å². The highest BCUT2D eigenvalue weighted by Crippen LogP contribution is 2.45. The van der Waals surface area contributed by atoms with Crippen LogP contribution in [-0.2, 0) is 65.4 Å². The second-order valence-electron chi connectivity index (χ2n) is 24.7. The van der Waals surface area contributed by atoms with Gasteiger partial charge in [-0.2, -0.15) is 0 Å². The second kappa shape index (κ2) is 55.2. The van der Waals surface area contributed by atoms with Crippen LogP contribution >= 0.6 is 15.6 Å². The highest BCUT2D eigenvalue weighted by molar-refractivity contribution is 7.47. The Kier molecular flexibility index (Phi) is 53.9. The van der Waals surface area contributed by atoms with Gasteiger partial charge in [-0.05, 0) is 49.4 Å². The van der Waals surface area contributed by atoms with Gasteiger partial charge >= 0.3 is 39.5 Å². The van der Waals surface area contributed by atoms with Crippen molar-refractivity contribution >= 4 is 39.5 Å². The van der Waals surface area contributed by atoms with Crippen LogP contribution in [0, 0.1) is 23.7 Å². The van der Waals surface area contributed by atoms with Gasteiger partial charge in [0.25, 0.3) is 0 Å². The van der Waals surface area contributed by atoms with Gasteiger partial charge in [0.15, 0.2) is 12.2 Å². The van der Waals surface area contributed by atoms with Gasteiger partial charge in [0, 0.05) is 25.7 Å². The highest BCUT2D eigenvalue weighted by atomic mass is 31.2. The van der Waals surface area contributed by atoms with Gasteiger partial charge in [-0.25, -0.2) is 9.13 Å². The van der Waals surface area contributed by atoms with E-state index in [1.54, 1.807) is 0 Å². The summed E-state index contributed by atoms with van der Waals surface area (Å²) in [5, 5.41) is 10.5. The number of esters is 4. The molecule has 0 spiro atoms. The van der Waals surface area contributed by atoms with Crippen LogP contribution in [0.2, 0.25) is 0 Å². The van der Waals surface area contributed by atoms with Crippen molar-refractivity contribution in [3.05, 3.63) is 0 Å². The summed E-state index contributed by atoms with van der Waals surface area (Å²) in [4.78, 5) is 72.3. The smallest absolute Gasteiger partial charge is 0.462 e. The normalized spacial score (nSPS) is 15.4. The fraction of sp³-hybridized carbons (Fsp3) is 0.938. The molecule has 5 unspecified atom stereocenters. The predicted molar refractivity (Wildman–Crippen MR) is 335 cm³/mol. The molecule has 19 heteroatoms. The lowest BCUT2D eigenvalue weighted by atomic mass is 9.99. The van der Waals surface area contributed by atoms with Crippen LogP contribution in [-0.4, -0.2) is 96.7 Å². The first-order valence-electron chi connectivity index (χ1n) is 33.8. The molecule has 0 bridgehead atoms.